The lowest BCUT2D eigenvalue weighted by atomic mass is 10.0. The normalized spacial score (nSPS) is 11.8. The molecule has 0 aliphatic rings. The summed E-state index contributed by atoms with van der Waals surface area (Å²) in [7, 11) is 0. The van der Waals surface area contributed by atoms with Crippen molar-refractivity contribution >= 4 is 0 Å². The molecule has 0 N–H and O–H groups in total. The van der Waals surface area contributed by atoms with E-state index in [9.17, 15) is 0 Å². The van der Waals surface area contributed by atoms with Gasteiger partial charge in [-0.2, -0.15) is 0 Å². The van der Waals surface area contributed by atoms with Crippen molar-refractivity contribution in [3.05, 3.63) is 0 Å². The van der Waals surface area contributed by atoms with Gasteiger partial charge in [-0.15, -0.1) is 0 Å². The lowest BCUT2D eigenvalue weighted by Crippen LogP contribution is -2.27. The van der Waals surface area contributed by atoms with E-state index >= 15 is 0 Å². The van der Waals surface area contributed by atoms with E-state index in [1.807, 2.05) is 0 Å². The molecule has 0 aliphatic carbocycles. The van der Waals surface area contributed by atoms with Crippen molar-refractivity contribution in [2.75, 3.05) is 19.6 Å². The van der Waals surface area contributed by atoms with Crippen molar-refractivity contribution in [1.29, 1.82) is 0 Å². The Morgan fingerprint density at radius 3 is 0.939 bits per heavy atom. The third-order valence-corrected chi connectivity index (χ3v) is 7.41. The quantitative estimate of drug-likeness (QED) is 0.104. The fourth-order valence-corrected chi connectivity index (χ4v) is 5.05. The van der Waals surface area contributed by atoms with Crippen molar-refractivity contribution in [3.63, 3.8) is 0 Å². The van der Waals surface area contributed by atoms with Crippen LogP contribution in [-0.2, 0) is 0 Å². The zero-order valence-electron chi connectivity index (χ0n) is 24.1. The Morgan fingerprint density at radius 2 is 0.636 bits per heavy atom. The summed E-state index contributed by atoms with van der Waals surface area (Å²) in [5.41, 5.74) is 0. The molecule has 0 saturated carbocycles. The molecule has 0 spiro atoms. The summed E-state index contributed by atoms with van der Waals surface area (Å²) in [4.78, 5) is 2.83. The van der Waals surface area contributed by atoms with Gasteiger partial charge in [0.25, 0.3) is 0 Å². The second-order valence-corrected chi connectivity index (χ2v) is 11.4. The van der Waals surface area contributed by atoms with Crippen LogP contribution >= 0.6 is 0 Å². The van der Waals surface area contributed by atoms with Crippen molar-refractivity contribution in [1.82, 2.24) is 4.90 Å². The van der Waals surface area contributed by atoms with Crippen molar-refractivity contribution < 1.29 is 0 Å². The smallest absolute Gasteiger partial charge is 0.00187 e. The topological polar surface area (TPSA) is 3.24 Å². The van der Waals surface area contributed by atoms with Crippen LogP contribution < -0.4 is 0 Å². The molecule has 0 aromatic heterocycles. The maximum Gasteiger partial charge on any atom is -0.00187 e. The monoisotopic (exact) mass is 466 g/mol. The molecule has 0 fully saturated rings. The molecule has 1 nitrogen and oxygen atoms in total. The summed E-state index contributed by atoms with van der Waals surface area (Å²) in [6, 6.07) is 0. The lowest BCUT2D eigenvalue weighted by molar-refractivity contribution is 0.254. The van der Waals surface area contributed by atoms with E-state index in [1.165, 1.54) is 174 Å². The molecule has 0 atom stereocenters. The molecular formula is C32H67N. The summed E-state index contributed by atoms with van der Waals surface area (Å²) in [6.45, 7) is 13.4. The Kier molecular flexibility index (Phi) is 28.2. The molecule has 0 bridgehead atoms. The van der Waals surface area contributed by atoms with Crippen LogP contribution in [0, 0.1) is 5.92 Å². The summed E-state index contributed by atoms with van der Waals surface area (Å²) in [5.74, 6) is 0.887. The van der Waals surface area contributed by atoms with Gasteiger partial charge in [-0.25, -0.2) is 0 Å². The van der Waals surface area contributed by atoms with E-state index in [0.29, 0.717) is 0 Å². The summed E-state index contributed by atoms with van der Waals surface area (Å²) < 4.78 is 0. The molecule has 33 heavy (non-hydrogen) atoms. The van der Waals surface area contributed by atoms with Gasteiger partial charge in [0.05, 0.1) is 0 Å². The van der Waals surface area contributed by atoms with Gasteiger partial charge >= 0.3 is 0 Å². The van der Waals surface area contributed by atoms with Crippen LogP contribution in [0.4, 0.5) is 0 Å². The molecule has 0 radical (unpaired) electrons. The highest BCUT2D eigenvalue weighted by molar-refractivity contribution is 4.61. The minimum atomic E-state index is 0.887. The Labute approximate surface area is 212 Å². The van der Waals surface area contributed by atoms with Gasteiger partial charge in [-0.05, 0) is 44.8 Å². The van der Waals surface area contributed by atoms with Gasteiger partial charge in [0.15, 0.2) is 0 Å². The first-order valence-corrected chi connectivity index (χ1v) is 15.9. The van der Waals surface area contributed by atoms with Gasteiger partial charge < -0.3 is 4.90 Å². The number of hydrogen-bond donors (Lipinski definition) is 0. The highest BCUT2D eigenvalue weighted by Gasteiger charge is 2.05. The molecule has 0 aromatic rings. The van der Waals surface area contributed by atoms with Gasteiger partial charge in [0, 0.05) is 0 Å². The molecule has 0 aliphatic heterocycles. The van der Waals surface area contributed by atoms with Gasteiger partial charge in [-0.3, -0.25) is 0 Å². The molecule has 0 saturated heterocycles. The van der Waals surface area contributed by atoms with Crippen LogP contribution in [-0.4, -0.2) is 24.5 Å². The van der Waals surface area contributed by atoms with Crippen LogP contribution in [0.3, 0.4) is 0 Å². The fourth-order valence-electron chi connectivity index (χ4n) is 5.05. The van der Waals surface area contributed by atoms with Gasteiger partial charge in [0.1, 0.15) is 0 Å². The van der Waals surface area contributed by atoms with Gasteiger partial charge in [-0.1, -0.05) is 163 Å². The van der Waals surface area contributed by atoms with E-state index in [2.05, 4.69) is 32.6 Å². The Balaban J connectivity index is 3.85. The largest absolute Gasteiger partial charge is 0.303 e. The fraction of sp³-hybridized carbons (Fsp3) is 1.00. The van der Waals surface area contributed by atoms with E-state index in [4.69, 9.17) is 0 Å². The number of rotatable bonds is 28. The molecule has 0 unspecified atom stereocenters. The van der Waals surface area contributed by atoms with E-state index in [1.54, 1.807) is 0 Å². The second kappa shape index (κ2) is 28.2. The van der Waals surface area contributed by atoms with E-state index < -0.39 is 0 Å². The average molecular weight is 466 g/mol. The Bertz CT molecular complexity index is 317. The SMILES string of the molecule is CCCCCCCCCCN(CCCCCCCCCC)CCCCCCCCCC(C)C. The Morgan fingerprint density at radius 1 is 0.364 bits per heavy atom. The summed E-state index contributed by atoms with van der Waals surface area (Å²) >= 11 is 0. The molecule has 0 rings (SSSR count). The molecular weight excluding hydrogens is 398 g/mol. The van der Waals surface area contributed by atoms with Gasteiger partial charge in [0.2, 0.25) is 0 Å². The zero-order chi connectivity index (χ0) is 24.2. The third-order valence-electron chi connectivity index (χ3n) is 7.41. The molecule has 0 heterocycles. The first kappa shape index (κ1) is 33.0. The van der Waals surface area contributed by atoms with Crippen LogP contribution in [0.2, 0.25) is 0 Å². The molecule has 0 aromatic carbocycles. The maximum absolute atomic E-state index is 2.83. The summed E-state index contributed by atoms with van der Waals surface area (Å²) in [5, 5.41) is 0. The van der Waals surface area contributed by atoms with Crippen molar-refractivity contribution in [2.45, 2.75) is 182 Å². The highest BCUT2D eigenvalue weighted by atomic mass is 15.1. The molecule has 200 valence electrons. The number of hydrogen-bond acceptors (Lipinski definition) is 1. The Hall–Kier alpha value is -0.0400. The average Bonchev–Trinajstić information content (AvgIpc) is 2.80. The van der Waals surface area contributed by atoms with Crippen LogP contribution in [0.25, 0.3) is 0 Å². The van der Waals surface area contributed by atoms with Crippen molar-refractivity contribution in [2.24, 2.45) is 5.92 Å². The minimum Gasteiger partial charge on any atom is -0.303 e. The van der Waals surface area contributed by atoms with Crippen molar-refractivity contribution in [3.8, 4) is 0 Å². The number of nitrogens with zero attached hydrogens (tertiary/aromatic N) is 1. The minimum absolute atomic E-state index is 0.887. The number of unbranched alkanes of at least 4 members (excludes halogenated alkanes) is 20. The standard InChI is InChI=1S/C32H67N/c1-5-7-9-11-13-17-21-25-29-33(30-26-22-18-14-12-10-8-6-2)31-27-23-19-15-16-20-24-28-32(3)4/h32H,5-31H2,1-4H3. The van der Waals surface area contributed by atoms with Crippen LogP contribution in [0.15, 0.2) is 0 Å². The predicted molar refractivity (Wildman–Crippen MR) is 153 cm³/mol. The third kappa shape index (κ3) is 28.1. The highest BCUT2D eigenvalue weighted by Crippen LogP contribution is 2.14. The molecule has 0 amide bonds. The zero-order valence-corrected chi connectivity index (χ0v) is 24.1. The molecule has 1 heteroatoms. The second-order valence-electron chi connectivity index (χ2n) is 11.4. The summed E-state index contributed by atoms with van der Waals surface area (Å²) in [6.07, 6.45) is 34.7. The van der Waals surface area contributed by atoms with E-state index in [-0.39, 0.29) is 0 Å². The maximum atomic E-state index is 2.83. The van der Waals surface area contributed by atoms with E-state index in [0.717, 1.165) is 5.92 Å². The van der Waals surface area contributed by atoms with Crippen LogP contribution in [0.5, 0.6) is 0 Å². The first-order chi connectivity index (χ1) is 16.2. The first-order valence-electron chi connectivity index (χ1n) is 15.9. The van der Waals surface area contributed by atoms with Crippen LogP contribution in [0.1, 0.15) is 182 Å². The lowest BCUT2D eigenvalue weighted by Gasteiger charge is -2.22. The predicted octanol–water partition coefficient (Wildman–Crippen LogP) is 11.3.